The van der Waals surface area contributed by atoms with Gasteiger partial charge in [0, 0.05) is 19.6 Å². The molecule has 3 nitrogen and oxygen atoms in total. The first kappa shape index (κ1) is 16.1. The second kappa shape index (κ2) is 7.64. The van der Waals surface area contributed by atoms with Crippen molar-refractivity contribution in [2.45, 2.75) is 13.0 Å². The Balaban J connectivity index is 0.00000161. The number of hydrogen-bond donors (Lipinski definition) is 1. The van der Waals surface area contributed by atoms with Gasteiger partial charge in [0.05, 0.1) is 7.11 Å². The van der Waals surface area contributed by atoms with Crippen LogP contribution in [0.25, 0.3) is 10.8 Å². The largest absolute Gasteiger partial charge is 0.497 e. The van der Waals surface area contributed by atoms with E-state index < -0.39 is 0 Å². The maximum absolute atomic E-state index is 5.27. The maximum Gasteiger partial charge on any atom is 0.119 e. The average Bonchev–Trinajstić information content (AvgIpc) is 2.75. The molecule has 0 unspecified atom stereocenters. The first-order valence-corrected chi connectivity index (χ1v) is 7.35. The predicted molar refractivity (Wildman–Crippen MR) is 90.5 cm³/mol. The van der Waals surface area contributed by atoms with Gasteiger partial charge in [0.25, 0.3) is 0 Å². The monoisotopic (exact) mass is 306 g/mol. The number of fused-ring (bicyclic) bond motifs is 1. The number of hydrogen-bond acceptors (Lipinski definition) is 3. The smallest absolute Gasteiger partial charge is 0.119 e. The Morgan fingerprint density at radius 2 is 1.86 bits per heavy atom. The van der Waals surface area contributed by atoms with Crippen LogP contribution in [0.2, 0.25) is 0 Å². The van der Waals surface area contributed by atoms with Crippen LogP contribution in [0.3, 0.4) is 0 Å². The molecule has 1 aliphatic rings. The molecule has 1 heterocycles. The molecule has 0 atom stereocenters. The van der Waals surface area contributed by atoms with E-state index in [1.807, 2.05) is 6.07 Å². The van der Waals surface area contributed by atoms with E-state index in [-0.39, 0.29) is 12.4 Å². The zero-order valence-corrected chi connectivity index (χ0v) is 13.3. The number of ether oxygens (including phenoxy) is 1. The van der Waals surface area contributed by atoms with Crippen molar-refractivity contribution in [3.63, 3.8) is 0 Å². The number of benzene rings is 2. The first-order chi connectivity index (χ1) is 9.85. The fourth-order valence-corrected chi connectivity index (χ4v) is 2.82. The summed E-state index contributed by atoms with van der Waals surface area (Å²) in [6.07, 6.45) is 1.24. The summed E-state index contributed by atoms with van der Waals surface area (Å²) in [4.78, 5) is 2.53. The highest BCUT2D eigenvalue weighted by Crippen LogP contribution is 2.22. The highest BCUT2D eigenvalue weighted by Gasteiger charge is 2.09. The van der Waals surface area contributed by atoms with Gasteiger partial charge in [-0.15, -0.1) is 12.4 Å². The van der Waals surface area contributed by atoms with Crippen LogP contribution in [0.1, 0.15) is 12.0 Å². The molecule has 0 spiro atoms. The van der Waals surface area contributed by atoms with Gasteiger partial charge in [-0.2, -0.15) is 0 Å². The Bertz CT molecular complexity index is 580. The van der Waals surface area contributed by atoms with Gasteiger partial charge in [-0.05, 0) is 54.0 Å². The minimum Gasteiger partial charge on any atom is -0.497 e. The van der Waals surface area contributed by atoms with Gasteiger partial charge >= 0.3 is 0 Å². The highest BCUT2D eigenvalue weighted by atomic mass is 35.5. The molecule has 4 heteroatoms. The molecule has 3 rings (SSSR count). The first-order valence-electron chi connectivity index (χ1n) is 7.35. The van der Waals surface area contributed by atoms with Crippen molar-refractivity contribution >= 4 is 23.2 Å². The van der Waals surface area contributed by atoms with Crippen LogP contribution in [-0.4, -0.2) is 38.2 Å². The lowest BCUT2D eigenvalue weighted by Gasteiger charge is -2.19. The standard InChI is InChI=1S/C17H22N2O.ClH/c1-20-17-6-5-15-11-14(3-4-16(15)12-17)13-19-9-2-7-18-8-10-19;/h3-6,11-12,18H,2,7-10,13H2,1H3;1H. The van der Waals surface area contributed by atoms with E-state index in [0.29, 0.717) is 0 Å². The van der Waals surface area contributed by atoms with Crippen molar-refractivity contribution in [3.8, 4) is 5.75 Å². The van der Waals surface area contributed by atoms with Crippen molar-refractivity contribution in [3.05, 3.63) is 42.0 Å². The third-order valence-electron chi connectivity index (χ3n) is 3.95. The number of nitrogens with one attached hydrogen (secondary N) is 1. The lowest BCUT2D eigenvalue weighted by atomic mass is 10.1. The molecule has 1 saturated heterocycles. The van der Waals surface area contributed by atoms with Gasteiger partial charge in [-0.3, -0.25) is 4.90 Å². The van der Waals surface area contributed by atoms with Gasteiger partial charge in [-0.1, -0.05) is 18.2 Å². The lowest BCUT2D eigenvalue weighted by molar-refractivity contribution is 0.284. The summed E-state index contributed by atoms with van der Waals surface area (Å²) in [6.45, 7) is 5.62. The molecule has 1 N–H and O–H groups in total. The summed E-state index contributed by atoms with van der Waals surface area (Å²) < 4.78 is 5.27. The Labute approximate surface area is 132 Å². The molecule has 21 heavy (non-hydrogen) atoms. The molecule has 2 aromatic rings. The predicted octanol–water partition coefficient (Wildman–Crippen LogP) is 3.07. The van der Waals surface area contributed by atoms with Crippen LogP contribution in [0.5, 0.6) is 5.75 Å². The number of halogens is 1. The van der Waals surface area contributed by atoms with Gasteiger partial charge in [0.1, 0.15) is 5.75 Å². The van der Waals surface area contributed by atoms with E-state index in [1.54, 1.807) is 7.11 Å². The molecule has 0 bridgehead atoms. The van der Waals surface area contributed by atoms with Crippen LogP contribution in [0, 0.1) is 0 Å². The summed E-state index contributed by atoms with van der Waals surface area (Å²) in [5, 5.41) is 5.98. The summed E-state index contributed by atoms with van der Waals surface area (Å²) in [5.74, 6) is 0.920. The normalized spacial score (nSPS) is 16.2. The van der Waals surface area contributed by atoms with Crippen molar-refractivity contribution in [1.82, 2.24) is 10.2 Å². The second-order valence-electron chi connectivity index (χ2n) is 5.43. The van der Waals surface area contributed by atoms with E-state index in [0.717, 1.165) is 31.9 Å². The molecule has 0 radical (unpaired) electrons. The fraction of sp³-hybridized carbons (Fsp3) is 0.412. The zero-order valence-electron chi connectivity index (χ0n) is 12.5. The van der Waals surface area contributed by atoms with E-state index in [4.69, 9.17) is 4.74 Å². The summed E-state index contributed by atoms with van der Waals surface area (Å²) in [5.41, 5.74) is 1.39. The van der Waals surface area contributed by atoms with Crippen molar-refractivity contribution < 1.29 is 4.74 Å². The Morgan fingerprint density at radius 3 is 2.71 bits per heavy atom. The third kappa shape index (κ3) is 4.10. The Kier molecular flexibility index (Phi) is 5.85. The average molecular weight is 307 g/mol. The molecule has 0 amide bonds. The molecule has 1 aliphatic heterocycles. The van der Waals surface area contributed by atoms with Crippen LogP contribution in [-0.2, 0) is 6.54 Å². The lowest BCUT2D eigenvalue weighted by Crippen LogP contribution is -2.27. The minimum absolute atomic E-state index is 0. The number of nitrogens with zero attached hydrogens (tertiary/aromatic N) is 1. The van der Waals surface area contributed by atoms with Crippen molar-refractivity contribution in [2.75, 3.05) is 33.3 Å². The van der Waals surface area contributed by atoms with E-state index >= 15 is 0 Å². The quantitative estimate of drug-likeness (QED) is 0.943. The molecule has 1 fully saturated rings. The molecular formula is C17H23ClN2O. The minimum atomic E-state index is 0. The fourth-order valence-electron chi connectivity index (χ4n) is 2.82. The van der Waals surface area contributed by atoms with E-state index in [9.17, 15) is 0 Å². The third-order valence-corrected chi connectivity index (χ3v) is 3.95. The van der Waals surface area contributed by atoms with Crippen molar-refractivity contribution in [2.24, 2.45) is 0 Å². The SMILES string of the molecule is COc1ccc2cc(CN3CCCNCC3)ccc2c1.Cl. The van der Waals surface area contributed by atoms with Gasteiger partial charge in [0.2, 0.25) is 0 Å². The van der Waals surface area contributed by atoms with E-state index in [2.05, 4.69) is 40.5 Å². The summed E-state index contributed by atoms with van der Waals surface area (Å²) in [6, 6.07) is 13.0. The maximum atomic E-state index is 5.27. The van der Waals surface area contributed by atoms with Gasteiger partial charge in [-0.25, -0.2) is 0 Å². The second-order valence-corrected chi connectivity index (χ2v) is 5.43. The molecular weight excluding hydrogens is 284 g/mol. The van der Waals surface area contributed by atoms with Crippen LogP contribution in [0.4, 0.5) is 0 Å². The summed E-state index contributed by atoms with van der Waals surface area (Å²) >= 11 is 0. The molecule has 0 aliphatic carbocycles. The molecule has 2 aromatic carbocycles. The van der Waals surface area contributed by atoms with Crippen LogP contribution >= 0.6 is 12.4 Å². The molecule has 0 aromatic heterocycles. The summed E-state index contributed by atoms with van der Waals surface area (Å²) in [7, 11) is 1.71. The van der Waals surface area contributed by atoms with Crippen LogP contribution < -0.4 is 10.1 Å². The Hall–Kier alpha value is -1.29. The highest BCUT2D eigenvalue weighted by molar-refractivity contribution is 5.85. The van der Waals surface area contributed by atoms with Gasteiger partial charge < -0.3 is 10.1 Å². The van der Waals surface area contributed by atoms with E-state index in [1.165, 1.54) is 29.3 Å². The Morgan fingerprint density at radius 1 is 1.05 bits per heavy atom. The topological polar surface area (TPSA) is 24.5 Å². The van der Waals surface area contributed by atoms with Gasteiger partial charge in [0.15, 0.2) is 0 Å². The molecule has 114 valence electrons. The number of rotatable bonds is 3. The zero-order chi connectivity index (χ0) is 13.8. The number of methoxy groups -OCH3 is 1. The van der Waals surface area contributed by atoms with Crippen molar-refractivity contribution in [1.29, 1.82) is 0 Å². The van der Waals surface area contributed by atoms with Crippen LogP contribution in [0.15, 0.2) is 36.4 Å². The molecule has 0 saturated carbocycles.